The third-order valence-corrected chi connectivity index (χ3v) is 9.70. The Balaban J connectivity index is 1.90. The highest BCUT2D eigenvalue weighted by molar-refractivity contribution is 7.04. The minimum atomic E-state index is -1.83. The Bertz CT molecular complexity index is 1350. The predicted molar refractivity (Wildman–Crippen MR) is 115 cm³/mol. The van der Waals surface area contributed by atoms with Crippen LogP contribution in [-0.2, 0) is 0 Å². The van der Waals surface area contributed by atoms with Gasteiger partial charge in [0.25, 0.3) is 0 Å². The number of rotatable bonds is 0. The largest absolute Gasteiger partial charge is 0.355 e. The molecule has 1 aromatic heterocycles. The second-order valence-corrected chi connectivity index (χ2v) is 12.2. The van der Waals surface area contributed by atoms with Crippen LogP contribution in [-0.4, -0.2) is 13.1 Å². The lowest BCUT2D eigenvalue weighted by Gasteiger charge is -2.34. The summed E-state index contributed by atoms with van der Waals surface area (Å²) in [7, 11) is -1.83. The lowest BCUT2D eigenvalue weighted by Crippen LogP contribution is -2.56. The van der Waals surface area contributed by atoms with E-state index < -0.39 is 8.07 Å². The van der Waals surface area contributed by atoms with Gasteiger partial charge in [-0.2, -0.15) is 0 Å². The van der Waals surface area contributed by atoms with Crippen molar-refractivity contribution in [3.05, 3.63) is 72.8 Å². The van der Waals surface area contributed by atoms with Crippen LogP contribution in [0, 0.1) is 0 Å². The zero-order chi connectivity index (χ0) is 17.5. The van der Waals surface area contributed by atoms with Crippen LogP contribution >= 0.6 is 0 Å². The van der Waals surface area contributed by atoms with E-state index in [1.165, 1.54) is 43.7 Å². The summed E-state index contributed by atoms with van der Waals surface area (Å²) in [5.41, 5.74) is 5.32. The number of para-hydroxylation sites is 1. The number of aromatic amines is 1. The normalized spacial score (nSPS) is 14.8. The van der Waals surface area contributed by atoms with Gasteiger partial charge in [0.2, 0.25) is 0 Å². The van der Waals surface area contributed by atoms with Crippen molar-refractivity contribution in [2.45, 2.75) is 13.1 Å². The van der Waals surface area contributed by atoms with Crippen LogP contribution in [0.2, 0.25) is 13.1 Å². The molecule has 26 heavy (non-hydrogen) atoms. The lowest BCUT2D eigenvalue weighted by molar-refractivity contribution is 1.54. The van der Waals surface area contributed by atoms with Crippen LogP contribution in [0.15, 0.2) is 72.8 Å². The molecule has 0 spiro atoms. The van der Waals surface area contributed by atoms with Crippen molar-refractivity contribution in [2.75, 3.05) is 0 Å². The summed E-state index contributed by atoms with van der Waals surface area (Å²) in [6.45, 7) is 5.02. The SMILES string of the molecule is C[Si]1(C)c2cccc3cccc(c23)-c2ccc3[nH]c4ccccc4c3c21. The van der Waals surface area contributed by atoms with E-state index in [9.17, 15) is 0 Å². The first-order valence-electron chi connectivity index (χ1n) is 9.23. The molecule has 124 valence electrons. The highest BCUT2D eigenvalue weighted by atomic mass is 28.3. The monoisotopic (exact) mass is 349 g/mol. The fourth-order valence-corrected chi connectivity index (χ4v) is 8.51. The standard InChI is InChI=1S/C24H19NSi/c1-26(2)21-12-6-8-15-7-5-10-16(22(15)21)17-13-14-20-23(24(17)26)18-9-3-4-11-19(18)25-20/h3-14,25H,1-2H3. The Kier molecular flexibility index (Phi) is 2.57. The van der Waals surface area contributed by atoms with Gasteiger partial charge in [-0.15, -0.1) is 0 Å². The quantitative estimate of drug-likeness (QED) is 0.366. The topological polar surface area (TPSA) is 15.8 Å². The number of hydrogen-bond acceptors (Lipinski definition) is 0. The molecule has 1 N–H and O–H groups in total. The Morgan fingerprint density at radius 3 is 2.35 bits per heavy atom. The number of nitrogens with one attached hydrogen (secondary N) is 1. The van der Waals surface area contributed by atoms with Crippen molar-refractivity contribution in [3.8, 4) is 11.1 Å². The van der Waals surface area contributed by atoms with Crippen molar-refractivity contribution in [1.82, 2.24) is 4.98 Å². The van der Waals surface area contributed by atoms with E-state index >= 15 is 0 Å². The Hall–Kier alpha value is -2.84. The number of aromatic nitrogens is 1. The maximum Gasteiger partial charge on any atom is 0.114 e. The maximum atomic E-state index is 3.64. The van der Waals surface area contributed by atoms with Crippen LogP contribution in [0.4, 0.5) is 0 Å². The molecule has 5 aromatic rings. The molecule has 0 fully saturated rings. The number of hydrogen-bond donors (Lipinski definition) is 1. The second-order valence-electron chi connectivity index (χ2n) is 7.92. The van der Waals surface area contributed by atoms with Crippen molar-refractivity contribution in [2.24, 2.45) is 0 Å². The first kappa shape index (κ1) is 14.3. The summed E-state index contributed by atoms with van der Waals surface area (Å²) in [6.07, 6.45) is 0. The van der Waals surface area contributed by atoms with Gasteiger partial charge in [-0.05, 0) is 44.4 Å². The Morgan fingerprint density at radius 1 is 0.654 bits per heavy atom. The molecule has 4 aromatic carbocycles. The molecule has 0 amide bonds. The predicted octanol–water partition coefficient (Wildman–Crippen LogP) is 5.28. The maximum absolute atomic E-state index is 3.64. The van der Waals surface area contributed by atoms with E-state index in [4.69, 9.17) is 0 Å². The molecular weight excluding hydrogens is 330 g/mol. The van der Waals surface area contributed by atoms with Gasteiger partial charge in [-0.25, -0.2) is 0 Å². The van der Waals surface area contributed by atoms with Gasteiger partial charge in [0.15, 0.2) is 0 Å². The first-order valence-corrected chi connectivity index (χ1v) is 12.2. The average Bonchev–Trinajstić information content (AvgIpc) is 3.04. The Morgan fingerprint density at radius 2 is 1.46 bits per heavy atom. The van der Waals surface area contributed by atoms with E-state index in [1.54, 1.807) is 10.4 Å². The number of benzene rings is 4. The summed E-state index contributed by atoms with van der Waals surface area (Å²) in [5, 5.41) is 8.77. The summed E-state index contributed by atoms with van der Waals surface area (Å²) in [4.78, 5) is 3.64. The highest BCUT2D eigenvalue weighted by Gasteiger charge is 2.37. The van der Waals surface area contributed by atoms with Gasteiger partial charge >= 0.3 is 0 Å². The molecule has 1 nitrogen and oxygen atoms in total. The smallest absolute Gasteiger partial charge is 0.114 e. The van der Waals surface area contributed by atoms with E-state index in [1.807, 2.05) is 0 Å². The van der Waals surface area contributed by atoms with Gasteiger partial charge < -0.3 is 4.98 Å². The second kappa shape index (κ2) is 4.66. The fourth-order valence-electron chi connectivity index (χ4n) is 5.04. The van der Waals surface area contributed by atoms with E-state index in [-0.39, 0.29) is 0 Å². The van der Waals surface area contributed by atoms with E-state index in [0.717, 1.165) is 0 Å². The minimum Gasteiger partial charge on any atom is -0.355 e. The van der Waals surface area contributed by atoms with Crippen LogP contribution in [0.5, 0.6) is 0 Å². The molecular formula is C24H19NSi. The van der Waals surface area contributed by atoms with Gasteiger partial charge in [0.05, 0.1) is 0 Å². The van der Waals surface area contributed by atoms with Gasteiger partial charge in [0.1, 0.15) is 8.07 Å². The molecule has 0 atom stereocenters. The van der Waals surface area contributed by atoms with Gasteiger partial charge in [-0.1, -0.05) is 73.8 Å². The zero-order valence-corrected chi connectivity index (χ0v) is 15.9. The third-order valence-electron chi connectivity index (χ3n) is 6.16. The van der Waals surface area contributed by atoms with Gasteiger partial charge in [-0.3, -0.25) is 0 Å². The Labute approximate surface area is 153 Å². The fraction of sp³-hybridized carbons (Fsp3) is 0.0833. The third kappa shape index (κ3) is 1.61. The molecule has 0 bridgehead atoms. The summed E-state index contributed by atoms with van der Waals surface area (Å²) in [6, 6.07) is 26.9. The molecule has 0 aliphatic carbocycles. The van der Waals surface area contributed by atoms with Crippen molar-refractivity contribution >= 4 is 51.0 Å². The molecule has 0 saturated carbocycles. The van der Waals surface area contributed by atoms with Crippen LogP contribution in [0.3, 0.4) is 0 Å². The molecule has 1 aliphatic rings. The van der Waals surface area contributed by atoms with Crippen LogP contribution < -0.4 is 10.4 Å². The molecule has 6 rings (SSSR count). The first-order chi connectivity index (χ1) is 12.7. The van der Waals surface area contributed by atoms with Crippen molar-refractivity contribution in [3.63, 3.8) is 0 Å². The summed E-state index contributed by atoms with van der Waals surface area (Å²) < 4.78 is 0. The molecule has 2 heterocycles. The molecule has 0 saturated heterocycles. The minimum absolute atomic E-state index is 1.23. The molecule has 0 unspecified atom stereocenters. The average molecular weight is 350 g/mol. The van der Waals surface area contributed by atoms with Crippen molar-refractivity contribution < 1.29 is 0 Å². The van der Waals surface area contributed by atoms with E-state index in [0.29, 0.717) is 0 Å². The number of fused-ring (bicyclic) bond motifs is 6. The number of H-pyrrole nitrogens is 1. The molecule has 1 aliphatic heterocycles. The summed E-state index contributed by atoms with van der Waals surface area (Å²) in [5.74, 6) is 0. The molecule has 2 heteroatoms. The summed E-state index contributed by atoms with van der Waals surface area (Å²) >= 11 is 0. The zero-order valence-electron chi connectivity index (χ0n) is 14.9. The van der Waals surface area contributed by atoms with Crippen LogP contribution in [0.1, 0.15) is 0 Å². The highest BCUT2D eigenvalue weighted by Crippen LogP contribution is 2.37. The van der Waals surface area contributed by atoms with Crippen molar-refractivity contribution in [1.29, 1.82) is 0 Å². The van der Waals surface area contributed by atoms with Gasteiger partial charge in [0, 0.05) is 21.8 Å². The lowest BCUT2D eigenvalue weighted by atomic mass is 9.96. The molecule has 0 radical (unpaired) electrons. The van der Waals surface area contributed by atoms with Crippen LogP contribution in [0.25, 0.3) is 43.7 Å². The van der Waals surface area contributed by atoms with E-state index in [2.05, 4.69) is 90.9 Å².